The Bertz CT molecular complexity index is 423. The minimum atomic E-state index is -0.168. The molecule has 0 aliphatic carbocycles. The Kier molecular flexibility index (Phi) is 3.72. The predicted molar refractivity (Wildman–Crippen MR) is 79.4 cm³/mol. The molecule has 0 aromatic heterocycles. The van der Waals surface area contributed by atoms with E-state index in [1.54, 1.807) is 23.5 Å². The molecule has 1 aliphatic rings. The van der Waals surface area contributed by atoms with Crippen molar-refractivity contribution in [2.45, 2.75) is 25.1 Å². The van der Waals surface area contributed by atoms with Crippen LogP contribution in [0.4, 0.5) is 0 Å². The van der Waals surface area contributed by atoms with Crippen LogP contribution in [-0.4, -0.2) is 14.1 Å². The summed E-state index contributed by atoms with van der Waals surface area (Å²) in [5.74, 6) is 0.964. The van der Waals surface area contributed by atoms with Gasteiger partial charge >= 0.3 is 0 Å². The Labute approximate surface area is 110 Å². The Hall–Kier alpha value is -0.320. The van der Waals surface area contributed by atoms with Crippen molar-refractivity contribution >= 4 is 44.3 Å². The number of benzene rings is 1. The van der Waals surface area contributed by atoms with E-state index in [1.807, 2.05) is 6.07 Å². The van der Waals surface area contributed by atoms with Crippen molar-refractivity contribution in [3.05, 3.63) is 35.9 Å². The monoisotopic (exact) mass is 267 g/mol. The van der Waals surface area contributed by atoms with Crippen molar-refractivity contribution < 1.29 is 0 Å². The van der Waals surface area contributed by atoms with Crippen LogP contribution in [0.5, 0.6) is 0 Å². The van der Waals surface area contributed by atoms with Gasteiger partial charge in [0, 0.05) is 5.75 Å². The summed E-state index contributed by atoms with van der Waals surface area (Å²) in [5, 5.41) is 0. The molecule has 16 heavy (non-hydrogen) atoms. The molecule has 4 heteroatoms. The van der Waals surface area contributed by atoms with E-state index in [0.29, 0.717) is 0 Å². The number of aliphatic imine (C=N–C) groups is 1. The molecule has 2 rings (SSSR count). The molecule has 0 bridgehead atoms. The minimum Gasteiger partial charge on any atom is -0.259 e. The molecule has 0 amide bonds. The lowest BCUT2D eigenvalue weighted by Crippen LogP contribution is -2.20. The van der Waals surface area contributed by atoms with Crippen LogP contribution in [0.3, 0.4) is 0 Å². The number of hydrogen-bond donors (Lipinski definition) is 0. The van der Waals surface area contributed by atoms with Gasteiger partial charge in [0.25, 0.3) is 0 Å². The van der Waals surface area contributed by atoms with E-state index in [4.69, 9.17) is 12.2 Å². The molecule has 1 aromatic rings. The fraction of sp³-hybridized carbons (Fsp3) is 0.333. The summed E-state index contributed by atoms with van der Waals surface area (Å²) in [5.41, 5.74) is 1.16. The molecule has 0 saturated carbocycles. The molecule has 0 saturated heterocycles. The summed E-state index contributed by atoms with van der Waals surface area (Å²) >= 11 is 8.70. The molecule has 0 spiro atoms. The maximum Gasteiger partial charge on any atom is 0.131 e. The summed E-state index contributed by atoms with van der Waals surface area (Å²) in [4.78, 5) is 4.62. The Morgan fingerprint density at radius 2 is 2.00 bits per heavy atom. The average Bonchev–Trinajstić information content (AvgIpc) is 2.52. The van der Waals surface area contributed by atoms with Gasteiger partial charge in [0.2, 0.25) is 0 Å². The lowest BCUT2D eigenvalue weighted by atomic mass is 10.1. The molecule has 0 N–H and O–H groups in total. The quantitative estimate of drug-likeness (QED) is 0.748. The van der Waals surface area contributed by atoms with Gasteiger partial charge in [-0.05, 0) is 19.4 Å². The number of thiocarbonyl (C=S) groups is 1. The van der Waals surface area contributed by atoms with E-state index in [9.17, 15) is 0 Å². The SMILES string of the molecule is CC1(C)N=C(SCc2ccccc2)SC1=S. The van der Waals surface area contributed by atoms with Gasteiger partial charge in [-0.25, -0.2) is 0 Å². The van der Waals surface area contributed by atoms with Crippen molar-refractivity contribution in [3.63, 3.8) is 0 Å². The zero-order chi connectivity index (χ0) is 11.6. The molecule has 84 valence electrons. The Morgan fingerprint density at radius 3 is 2.56 bits per heavy atom. The van der Waals surface area contributed by atoms with Gasteiger partial charge in [-0.3, -0.25) is 4.99 Å². The first-order valence-corrected chi connectivity index (χ1v) is 7.28. The van der Waals surface area contributed by atoms with E-state index < -0.39 is 0 Å². The lowest BCUT2D eigenvalue weighted by molar-refractivity contribution is 0.730. The van der Waals surface area contributed by atoms with Crippen LogP contribution in [0.15, 0.2) is 35.3 Å². The Balaban J connectivity index is 1.96. The molecule has 0 unspecified atom stereocenters. The molecular weight excluding hydrogens is 254 g/mol. The summed E-state index contributed by atoms with van der Waals surface area (Å²) in [7, 11) is 0. The predicted octanol–water partition coefficient (Wildman–Crippen LogP) is 4.13. The van der Waals surface area contributed by atoms with E-state index in [2.05, 4.69) is 43.1 Å². The smallest absolute Gasteiger partial charge is 0.131 e. The van der Waals surface area contributed by atoms with Gasteiger partial charge in [-0.1, -0.05) is 66.1 Å². The first-order chi connectivity index (χ1) is 7.58. The standard InChI is InChI=1S/C12H13NS3/c1-12(2)10(14)16-11(13-12)15-8-9-6-4-3-5-7-9/h3-7H,8H2,1-2H3. The minimum absolute atomic E-state index is 0.168. The third-order valence-electron chi connectivity index (χ3n) is 2.26. The second-order valence-corrected chi connectivity index (χ2v) is 6.99. The fourth-order valence-electron chi connectivity index (χ4n) is 1.28. The highest BCUT2D eigenvalue weighted by molar-refractivity contribution is 8.48. The third-order valence-corrected chi connectivity index (χ3v) is 5.38. The molecule has 1 aliphatic heterocycles. The van der Waals surface area contributed by atoms with Crippen LogP contribution >= 0.6 is 35.7 Å². The lowest BCUT2D eigenvalue weighted by Gasteiger charge is -2.10. The number of hydrogen-bond acceptors (Lipinski definition) is 4. The van der Waals surface area contributed by atoms with Gasteiger partial charge in [0.05, 0.1) is 9.74 Å². The zero-order valence-corrected chi connectivity index (χ0v) is 11.7. The van der Waals surface area contributed by atoms with E-state index in [-0.39, 0.29) is 5.54 Å². The van der Waals surface area contributed by atoms with Crippen molar-refractivity contribution in [1.29, 1.82) is 0 Å². The van der Waals surface area contributed by atoms with Crippen molar-refractivity contribution in [3.8, 4) is 0 Å². The highest BCUT2D eigenvalue weighted by Crippen LogP contribution is 2.36. The van der Waals surface area contributed by atoms with Gasteiger partial charge < -0.3 is 0 Å². The summed E-state index contributed by atoms with van der Waals surface area (Å²) < 4.78 is 2.07. The van der Waals surface area contributed by atoms with E-state index >= 15 is 0 Å². The van der Waals surface area contributed by atoms with Crippen molar-refractivity contribution in [1.82, 2.24) is 0 Å². The molecule has 1 heterocycles. The van der Waals surface area contributed by atoms with Crippen LogP contribution in [0.1, 0.15) is 19.4 Å². The number of thioether (sulfide) groups is 2. The fourth-order valence-corrected chi connectivity index (χ4v) is 3.89. The summed E-state index contributed by atoms with van der Waals surface area (Å²) in [6.45, 7) is 4.14. The molecule has 1 nitrogen and oxygen atoms in total. The summed E-state index contributed by atoms with van der Waals surface area (Å²) in [6.07, 6.45) is 0. The highest BCUT2D eigenvalue weighted by atomic mass is 32.2. The summed E-state index contributed by atoms with van der Waals surface area (Å²) in [6, 6.07) is 10.4. The second-order valence-electron chi connectivity index (χ2n) is 4.10. The second kappa shape index (κ2) is 4.90. The van der Waals surface area contributed by atoms with Crippen LogP contribution in [0.25, 0.3) is 0 Å². The first-order valence-electron chi connectivity index (χ1n) is 5.07. The van der Waals surface area contributed by atoms with Gasteiger partial charge in [-0.2, -0.15) is 0 Å². The van der Waals surface area contributed by atoms with Crippen LogP contribution in [0, 0.1) is 0 Å². The van der Waals surface area contributed by atoms with Gasteiger partial charge in [0.1, 0.15) is 4.38 Å². The molecule has 0 radical (unpaired) electrons. The average molecular weight is 267 g/mol. The number of rotatable bonds is 2. The van der Waals surface area contributed by atoms with Gasteiger partial charge in [0.15, 0.2) is 0 Å². The van der Waals surface area contributed by atoms with Crippen LogP contribution < -0.4 is 0 Å². The van der Waals surface area contributed by atoms with Gasteiger partial charge in [-0.15, -0.1) is 0 Å². The van der Waals surface area contributed by atoms with Crippen molar-refractivity contribution in [2.24, 2.45) is 4.99 Å². The Morgan fingerprint density at radius 1 is 1.31 bits per heavy atom. The molecule has 0 atom stereocenters. The third kappa shape index (κ3) is 2.87. The maximum atomic E-state index is 5.30. The normalized spacial score (nSPS) is 18.6. The van der Waals surface area contributed by atoms with E-state index in [1.165, 1.54) is 5.56 Å². The van der Waals surface area contributed by atoms with E-state index in [0.717, 1.165) is 14.3 Å². The zero-order valence-electron chi connectivity index (χ0n) is 9.27. The van der Waals surface area contributed by atoms with Crippen LogP contribution in [-0.2, 0) is 5.75 Å². The highest BCUT2D eigenvalue weighted by Gasteiger charge is 2.31. The topological polar surface area (TPSA) is 12.4 Å². The molecule has 0 fully saturated rings. The number of nitrogens with zero attached hydrogens (tertiary/aromatic N) is 1. The largest absolute Gasteiger partial charge is 0.259 e. The first kappa shape index (κ1) is 12.1. The molecule has 1 aromatic carbocycles. The molecular formula is C12H13NS3. The van der Waals surface area contributed by atoms with Crippen molar-refractivity contribution in [2.75, 3.05) is 0 Å². The maximum absolute atomic E-state index is 5.30. The van der Waals surface area contributed by atoms with Crippen LogP contribution in [0.2, 0.25) is 0 Å².